The Morgan fingerprint density at radius 2 is 1.48 bits per heavy atom. The second-order valence-corrected chi connectivity index (χ2v) is 19.3. The van der Waals surface area contributed by atoms with E-state index in [9.17, 15) is 19.2 Å². The van der Waals surface area contributed by atoms with Gasteiger partial charge in [0.2, 0.25) is 0 Å². The fourth-order valence-corrected chi connectivity index (χ4v) is 10.0. The largest absolute Gasteiger partial charge is 0.468 e. The van der Waals surface area contributed by atoms with Crippen molar-refractivity contribution in [2.45, 2.75) is 139 Å². The Morgan fingerprint density at radius 3 is 2.12 bits per heavy atom. The molecular formula is C55H70N4O6. The van der Waals surface area contributed by atoms with E-state index in [1.807, 2.05) is 45.9 Å². The number of ketones is 1. The number of fused-ring (bicyclic) bond motifs is 4. The minimum atomic E-state index is -1.27. The van der Waals surface area contributed by atoms with E-state index >= 15 is 0 Å². The molecular weight excluding hydrogens is 813 g/mol. The average Bonchev–Trinajstić information content (AvgIpc) is 4.02. The van der Waals surface area contributed by atoms with Crippen molar-refractivity contribution >= 4 is 46.9 Å². The molecule has 5 atom stereocenters. The van der Waals surface area contributed by atoms with E-state index in [4.69, 9.17) is 29.4 Å². The lowest BCUT2D eigenvalue weighted by Gasteiger charge is -2.20. The fraction of sp³-hybridized carbons (Fsp3) is 0.527. The summed E-state index contributed by atoms with van der Waals surface area (Å²) in [5, 5.41) is 0. The van der Waals surface area contributed by atoms with Gasteiger partial charge in [-0.1, -0.05) is 105 Å². The molecule has 5 heterocycles. The summed E-state index contributed by atoms with van der Waals surface area (Å²) in [5.74, 6) is -0.983. The number of allylic oxidation sites excluding steroid dienone is 12. The van der Waals surface area contributed by atoms with Crippen LogP contribution in [0.4, 0.5) is 0 Å². The van der Waals surface area contributed by atoms with Gasteiger partial charge >= 0.3 is 11.9 Å². The quantitative estimate of drug-likeness (QED) is 0.0487. The Balaban J connectivity index is 1.21. The molecule has 5 aliphatic heterocycles. The first-order chi connectivity index (χ1) is 31.1. The predicted molar refractivity (Wildman–Crippen MR) is 262 cm³/mol. The number of esters is 2. The lowest BCUT2D eigenvalue weighted by Crippen LogP contribution is -2.25. The summed E-state index contributed by atoms with van der Waals surface area (Å²) in [5.41, 5.74) is 9.91. The van der Waals surface area contributed by atoms with Crippen LogP contribution in [-0.2, 0) is 28.7 Å². The van der Waals surface area contributed by atoms with Gasteiger partial charge in [0, 0.05) is 46.3 Å². The Hall–Kier alpha value is -5.38. The molecule has 0 amide bonds. The van der Waals surface area contributed by atoms with Gasteiger partial charge in [0.1, 0.15) is 12.5 Å². The van der Waals surface area contributed by atoms with Crippen molar-refractivity contribution in [1.82, 2.24) is 0 Å². The number of carbonyl (C=O) groups excluding carboxylic acids is 4. The summed E-state index contributed by atoms with van der Waals surface area (Å²) in [4.78, 5) is 74.1. The van der Waals surface area contributed by atoms with E-state index in [-0.39, 0.29) is 30.8 Å². The second-order valence-electron chi connectivity index (χ2n) is 19.3. The maximum absolute atomic E-state index is 14.4. The molecule has 10 heteroatoms. The molecule has 1 saturated carbocycles. The summed E-state index contributed by atoms with van der Waals surface area (Å²) < 4.78 is 11.0. The number of aliphatic imine (C=N–C) groups is 4. The minimum absolute atomic E-state index is 0.114. The predicted octanol–water partition coefficient (Wildman–Crippen LogP) is 11.8. The summed E-state index contributed by atoms with van der Waals surface area (Å²) in [6, 6.07) is 0. The zero-order valence-electron chi connectivity index (χ0n) is 40.6. The van der Waals surface area contributed by atoms with Crippen LogP contribution in [0.1, 0.15) is 139 Å². The van der Waals surface area contributed by atoms with Gasteiger partial charge in [-0.2, -0.15) is 0 Å². The van der Waals surface area contributed by atoms with Gasteiger partial charge in [0.25, 0.3) is 0 Å². The van der Waals surface area contributed by atoms with Gasteiger partial charge in [-0.05, 0) is 105 Å². The zero-order chi connectivity index (χ0) is 47.1. The summed E-state index contributed by atoms with van der Waals surface area (Å²) >= 11 is 0. The lowest BCUT2D eigenvalue weighted by molar-refractivity contribution is -0.146. The Morgan fingerprint density at radius 1 is 0.831 bits per heavy atom. The summed E-state index contributed by atoms with van der Waals surface area (Å²) in [7, 11) is 1.27. The second kappa shape index (κ2) is 21.7. The molecule has 0 radical (unpaired) electrons. The average molecular weight is 883 g/mol. The Bertz CT molecular complexity index is 2380. The number of methoxy groups -OCH3 is 1. The van der Waals surface area contributed by atoms with Crippen LogP contribution in [0, 0.1) is 35.5 Å². The van der Waals surface area contributed by atoms with Crippen LogP contribution in [0.25, 0.3) is 0 Å². The Kier molecular flexibility index (Phi) is 16.4. The van der Waals surface area contributed by atoms with Gasteiger partial charge in [0.05, 0.1) is 47.0 Å². The minimum Gasteiger partial charge on any atom is -0.468 e. The van der Waals surface area contributed by atoms with Gasteiger partial charge in [-0.3, -0.25) is 24.2 Å². The van der Waals surface area contributed by atoms with Crippen LogP contribution in [0.3, 0.4) is 0 Å². The maximum atomic E-state index is 14.4. The molecule has 0 spiro atoms. The molecule has 10 nitrogen and oxygen atoms in total. The van der Waals surface area contributed by atoms with E-state index in [1.54, 1.807) is 12.2 Å². The van der Waals surface area contributed by atoms with E-state index < -0.39 is 17.7 Å². The number of ether oxygens (including phenoxy) is 2. The first-order valence-corrected chi connectivity index (χ1v) is 24.0. The number of rotatable bonds is 21. The number of carbonyl (C=O) groups is 4. The molecule has 0 aromatic heterocycles. The molecule has 0 N–H and O–H groups in total. The maximum Gasteiger partial charge on any atom is 0.321 e. The zero-order valence-corrected chi connectivity index (χ0v) is 40.6. The third-order valence-electron chi connectivity index (χ3n) is 14.1. The highest BCUT2D eigenvalue weighted by molar-refractivity contribution is 6.43. The van der Waals surface area contributed by atoms with Crippen molar-refractivity contribution in [3.63, 3.8) is 0 Å². The highest BCUT2D eigenvalue weighted by Gasteiger charge is 2.51. The van der Waals surface area contributed by atoms with Crippen molar-refractivity contribution in [2.75, 3.05) is 13.7 Å². The van der Waals surface area contributed by atoms with Gasteiger partial charge in [0.15, 0.2) is 12.1 Å². The first-order valence-electron chi connectivity index (χ1n) is 24.0. The monoisotopic (exact) mass is 883 g/mol. The summed E-state index contributed by atoms with van der Waals surface area (Å²) in [6.07, 6.45) is 22.3. The van der Waals surface area contributed by atoms with E-state index in [0.717, 1.165) is 47.7 Å². The van der Waals surface area contributed by atoms with Crippen LogP contribution in [0.15, 0.2) is 124 Å². The Labute approximate surface area is 387 Å². The van der Waals surface area contributed by atoms with Crippen molar-refractivity contribution < 1.29 is 28.7 Å². The van der Waals surface area contributed by atoms with E-state index in [2.05, 4.69) is 41.2 Å². The topological polar surface area (TPSA) is 136 Å². The fourth-order valence-electron chi connectivity index (χ4n) is 10.0. The molecule has 0 unspecified atom stereocenters. The molecule has 1 fully saturated rings. The van der Waals surface area contributed by atoms with Crippen LogP contribution in [-0.4, -0.2) is 60.6 Å². The van der Waals surface area contributed by atoms with Gasteiger partial charge in [-0.25, -0.2) is 15.0 Å². The molecule has 0 aromatic rings. The highest BCUT2D eigenvalue weighted by Crippen LogP contribution is 2.47. The third kappa shape index (κ3) is 10.8. The van der Waals surface area contributed by atoms with Crippen LogP contribution >= 0.6 is 0 Å². The SMILES string of the molecule is C=CC1=C(C)C2=CC3=NC(=C4C5=NC(=CC6=NC(=CC1=N2)C(C=O)=C6CC)C(C)=C5C(=O)[C@H]4C(=O)OC)[C@@H](CCC(=O)OCC=C(C)CCC[C@@H](C)CCC[C@H](C)CCCC(C)C)[C@@H]3C. The molecule has 1 aliphatic carbocycles. The number of Topliss-reactive ketones (excluding diaryl/α,β-unsaturated/α-hetero) is 1. The first kappa shape index (κ1) is 49.1. The van der Waals surface area contributed by atoms with Gasteiger partial charge < -0.3 is 9.47 Å². The third-order valence-corrected chi connectivity index (χ3v) is 14.1. The number of aldehydes is 1. The molecule has 0 saturated heterocycles. The number of hydrogen-bond donors (Lipinski definition) is 0. The van der Waals surface area contributed by atoms with E-state index in [1.165, 1.54) is 57.6 Å². The molecule has 346 valence electrons. The molecule has 65 heavy (non-hydrogen) atoms. The highest BCUT2D eigenvalue weighted by atomic mass is 16.5. The van der Waals surface area contributed by atoms with Crippen molar-refractivity contribution in [3.8, 4) is 0 Å². The molecule has 8 bridgehead atoms. The van der Waals surface area contributed by atoms with Crippen LogP contribution < -0.4 is 0 Å². The number of hydrogen-bond acceptors (Lipinski definition) is 10. The van der Waals surface area contributed by atoms with Crippen molar-refractivity contribution in [1.29, 1.82) is 0 Å². The molecule has 0 aromatic carbocycles. The van der Waals surface area contributed by atoms with Gasteiger partial charge in [-0.15, -0.1) is 0 Å². The van der Waals surface area contributed by atoms with Crippen LogP contribution in [0.5, 0.6) is 0 Å². The lowest BCUT2D eigenvalue weighted by atomic mass is 9.83. The summed E-state index contributed by atoms with van der Waals surface area (Å²) in [6.45, 7) is 23.5. The smallest absolute Gasteiger partial charge is 0.321 e. The number of nitrogens with zero attached hydrogens (tertiary/aromatic N) is 4. The van der Waals surface area contributed by atoms with E-state index in [0.29, 0.717) is 86.7 Å². The normalized spacial score (nSPS) is 22.5. The van der Waals surface area contributed by atoms with Crippen molar-refractivity contribution in [2.24, 2.45) is 55.5 Å². The standard InChI is InChI=1S/C55H70N4O6/c1-12-38-35(8)42-27-43-36(9)40(23-24-48(61)65-26-25-34(7)22-16-21-33(6)20-15-19-32(5)18-14-17-31(3)4)52(58-43)50-51(55(63)64-11)54(62)49-37(10)44(59-53(49)50)28-46-39(13-2)41(30-60)47(57-46)29-45(38)56-42/h12,25,27-33,36,40,51H,1,13-24,26H2,2-11H3/t32-,33+,36+,40+,51+/m1/s1. The van der Waals surface area contributed by atoms with Crippen LogP contribution in [0.2, 0.25) is 0 Å². The molecule has 6 aliphatic rings. The molecule has 6 rings (SSSR count). The van der Waals surface area contributed by atoms with Crippen molar-refractivity contribution in [3.05, 3.63) is 104 Å².